The van der Waals surface area contributed by atoms with Crippen molar-refractivity contribution in [2.24, 2.45) is 5.92 Å². The number of hydrogen-bond acceptors (Lipinski definition) is 1. The largest absolute Gasteiger partial charge is 0.388 e. The molecule has 2 rings (SSSR count). The molecule has 1 nitrogen and oxygen atoms in total. The van der Waals surface area contributed by atoms with Gasteiger partial charge in [-0.05, 0) is 38.0 Å². The fourth-order valence-electron chi connectivity index (χ4n) is 3.44. The average molecular weight is 249 g/mol. The van der Waals surface area contributed by atoms with Crippen molar-refractivity contribution in [1.82, 2.24) is 5.32 Å². The first kappa shape index (κ1) is 14.0. The summed E-state index contributed by atoms with van der Waals surface area (Å²) >= 11 is 0. The fourth-order valence-corrected chi connectivity index (χ4v) is 3.44. The lowest BCUT2D eigenvalue weighted by Crippen LogP contribution is -2.21. The van der Waals surface area contributed by atoms with Crippen LogP contribution in [0.15, 0.2) is 11.8 Å². The van der Waals surface area contributed by atoms with Crippen molar-refractivity contribution >= 4 is 0 Å². The smallest absolute Gasteiger partial charge is 0.0143 e. The van der Waals surface area contributed by atoms with E-state index in [1.807, 2.05) is 0 Å². The molecule has 0 amide bonds. The molecule has 0 bridgehead atoms. The summed E-state index contributed by atoms with van der Waals surface area (Å²) in [5, 5.41) is 3.76. The van der Waals surface area contributed by atoms with Crippen molar-refractivity contribution in [3.63, 3.8) is 0 Å². The summed E-state index contributed by atoms with van der Waals surface area (Å²) in [6, 6.07) is 0. The highest BCUT2D eigenvalue weighted by molar-refractivity contribution is 5.05. The van der Waals surface area contributed by atoms with E-state index in [0.29, 0.717) is 0 Å². The third-order valence-electron chi connectivity index (χ3n) is 4.62. The van der Waals surface area contributed by atoms with Crippen LogP contribution >= 0.6 is 0 Å². The Balaban J connectivity index is 1.91. The average Bonchev–Trinajstić information content (AvgIpc) is 2.61. The van der Waals surface area contributed by atoms with Gasteiger partial charge in [-0.2, -0.15) is 0 Å². The molecule has 1 saturated carbocycles. The van der Waals surface area contributed by atoms with E-state index in [2.05, 4.69) is 11.4 Å². The Bertz CT molecular complexity index is 234. The molecule has 1 heterocycles. The molecule has 2 aliphatic rings. The van der Waals surface area contributed by atoms with E-state index in [1.54, 1.807) is 5.70 Å². The molecule has 0 spiro atoms. The molecule has 1 aliphatic heterocycles. The Morgan fingerprint density at radius 1 is 0.722 bits per heavy atom. The van der Waals surface area contributed by atoms with E-state index in [9.17, 15) is 0 Å². The molecule has 0 saturated heterocycles. The van der Waals surface area contributed by atoms with Gasteiger partial charge in [0.2, 0.25) is 0 Å². The van der Waals surface area contributed by atoms with Gasteiger partial charge < -0.3 is 5.32 Å². The van der Waals surface area contributed by atoms with Gasteiger partial charge in [-0.15, -0.1) is 0 Å². The van der Waals surface area contributed by atoms with E-state index in [4.69, 9.17) is 0 Å². The quantitative estimate of drug-likeness (QED) is 0.675. The Labute approximate surface area is 113 Å². The third kappa shape index (κ3) is 5.04. The van der Waals surface area contributed by atoms with Crippen LogP contribution in [0.25, 0.3) is 0 Å². The topological polar surface area (TPSA) is 12.0 Å². The molecular weight excluding hydrogens is 218 g/mol. The van der Waals surface area contributed by atoms with Crippen LogP contribution in [0.4, 0.5) is 0 Å². The SMILES string of the molecule is C1=C(C2CCCCCCCC2)NCCCCCC1. The molecule has 1 fully saturated rings. The van der Waals surface area contributed by atoms with Crippen LogP contribution in [-0.2, 0) is 0 Å². The van der Waals surface area contributed by atoms with E-state index in [1.165, 1.54) is 90.0 Å². The van der Waals surface area contributed by atoms with Crippen LogP contribution in [0.5, 0.6) is 0 Å². The molecule has 0 unspecified atom stereocenters. The molecule has 0 aromatic carbocycles. The highest BCUT2D eigenvalue weighted by atomic mass is 14.9. The normalized spacial score (nSPS) is 25.4. The summed E-state index contributed by atoms with van der Waals surface area (Å²) in [7, 11) is 0. The minimum absolute atomic E-state index is 0.848. The Morgan fingerprint density at radius 2 is 1.33 bits per heavy atom. The molecule has 0 aromatic heterocycles. The maximum atomic E-state index is 3.76. The summed E-state index contributed by atoms with van der Waals surface area (Å²) in [5.41, 5.74) is 1.61. The second-order valence-corrected chi connectivity index (χ2v) is 6.18. The summed E-state index contributed by atoms with van der Waals surface area (Å²) in [6.07, 6.45) is 21.1. The first-order chi connectivity index (χ1) is 8.97. The van der Waals surface area contributed by atoms with E-state index < -0.39 is 0 Å². The lowest BCUT2D eigenvalue weighted by atomic mass is 9.92. The van der Waals surface area contributed by atoms with Gasteiger partial charge in [0.15, 0.2) is 0 Å². The number of rotatable bonds is 1. The second kappa shape index (κ2) is 8.61. The van der Waals surface area contributed by atoms with Gasteiger partial charge in [-0.25, -0.2) is 0 Å². The highest BCUT2D eigenvalue weighted by Gasteiger charge is 2.15. The zero-order valence-corrected chi connectivity index (χ0v) is 12.1. The molecule has 104 valence electrons. The molecule has 1 N–H and O–H groups in total. The highest BCUT2D eigenvalue weighted by Crippen LogP contribution is 2.27. The van der Waals surface area contributed by atoms with Gasteiger partial charge in [-0.3, -0.25) is 0 Å². The molecule has 18 heavy (non-hydrogen) atoms. The lowest BCUT2D eigenvalue weighted by Gasteiger charge is -2.21. The fraction of sp³-hybridized carbons (Fsp3) is 0.882. The maximum Gasteiger partial charge on any atom is 0.0143 e. The van der Waals surface area contributed by atoms with Gasteiger partial charge in [0.25, 0.3) is 0 Å². The summed E-state index contributed by atoms with van der Waals surface area (Å²) < 4.78 is 0. The number of hydrogen-bond donors (Lipinski definition) is 1. The van der Waals surface area contributed by atoms with Crippen LogP contribution in [-0.4, -0.2) is 6.54 Å². The van der Waals surface area contributed by atoms with Gasteiger partial charge in [0.1, 0.15) is 0 Å². The zero-order chi connectivity index (χ0) is 12.5. The lowest BCUT2D eigenvalue weighted by molar-refractivity contribution is 0.456. The van der Waals surface area contributed by atoms with Gasteiger partial charge in [-0.1, -0.05) is 57.4 Å². The van der Waals surface area contributed by atoms with Crippen molar-refractivity contribution in [3.8, 4) is 0 Å². The molecule has 0 aromatic rings. The van der Waals surface area contributed by atoms with E-state index >= 15 is 0 Å². The van der Waals surface area contributed by atoms with E-state index in [-0.39, 0.29) is 0 Å². The monoisotopic (exact) mass is 249 g/mol. The van der Waals surface area contributed by atoms with Gasteiger partial charge >= 0.3 is 0 Å². The molecule has 1 heteroatoms. The molecule has 0 radical (unpaired) electrons. The summed E-state index contributed by atoms with van der Waals surface area (Å²) in [4.78, 5) is 0. The second-order valence-electron chi connectivity index (χ2n) is 6.18. The minimum Gasteiger partial charge on any atom is -0.388 e. The summed E-state index contributed by atoms with van der Waals surface area (Å²) in [5.74, 6) is 0.848. The third-order valence-corrected chi connectivity index (χ3v) is 4.62. The maximum absolute atomic E-state index is 3.76. The van der Waals surface area contributed by atoms with Crippen LogP contribution in [0, 0.1) is 5.92 Å². The first-order valence-electron chi connectivity index (χ1n) is 8.41. The van der Waals surface area contributed by atoms with E-state index in [0.717, 1.165) is 5.92 Å². The predicted molar refractivity (Wildman–Crippen MR) is 79.6 cm³/mol. The standard InChI is InChI=1S/C17H31N/c1-2-5-9-13-16(12-8-4-1)17-14-10-6-3-7-11-15-18-17/h14,16,18H,1-13,15H2. The molecule has 1 aliphatic carbocycles. The van der Waals surface area contributed by atoms with Crippen LogP contribution in [0.1, 0.15) is 83.5 Å². The number of nitrogens with one attached hydrogen (secondary N) is 1. The van der Waals surface area contributed by atoms with Crippen LogP contribution in [0.2, 0.25) is 0 Å². The van der Waals surface area contributed by atoms with Crippen LogP contribution in [0.3, 0.4) is 0 Å². The Morgan fingerprint density at radius 3 is 2.11 bits per heavy atom. The van der Waals surface area contributed by atoms with Gasteiger partial charge in [0, 0.05) is 12.2 Å². The zero-order valence-electron chi connectivity index (χ0n) is 12.1. The number of allylic oxidation sites excluding steroid dienone is 2. The van der Waals surface area contributed by atoms with Crippen molar-refractivity contribution in [2.75, 3.05) is 6.54 Å². The Hall–Kier alpha value is -0.460. The molecule has 0 atom stereocenters. The predicted octanol–water partition coefficient (Wildman–Crippen LogP) is 5.17. The van der Waals surface area contributed by atoms with Crippen LogP contribution < -0.4 is 5.32 Å². The van der Waals surface area contributed by atoms with Crippen molar-refractivity contribution in [2.45, 2.75) is 83.5 Å². The van der Waals surface area contributed by atoms with Crippen molar-refractivity contribution < 1.29 is 0 Å². The first-order valence-corrected chi connectivity index (χ1v) is 8.41. The molecular formula is C17H31N. The summed E-state index contributed by atoms with van der Waals surface area (Å²) in [6.45, 7) is 1.21. The Kier molecular flexibility index (Phi) is 6.68. The van der Waals surface area contributed by atoms with Crippen molar-refractivity contribution in [3.05, 3.63) is 11.8 Å². The minimum atomic E-state index is 0.848. The van der Waals surface area contributed by atoms with Gasteiger partial charge in [0.05, 0.1) is 0 Å². The van der Waals surface area contributed by atoms with Crippen molar-refractivity contribution in [1.29, 1.82) is 0 Å².